The maximum absolute atomic E-state index is 13.0. The maximum atomic E-state index is 13.0. The van der Waals surface area contributed by atoms with Gasteiger partial charge in [0.25, 0.3) is 0 Å². The molecule has 1 aromatic rings. The van der Waals surface area contributed by atoms with Crippen LogP contribution in [0.1, 0.15) is 18.0 Å². The van der Waals surface area contributed by atoms with Crippen molar-refractivity contribution in [2.45, 2.75) is 24.6 Å². The molecule has 0 aliphatic heterocycles. The molecular formula is C15H26FN3O2. The van der Waals surface area contributed by atoms with Crippen molar-refractivity contribution in [1.82, 2.24) is 10.2 Å². The summed E-state index contributed by atoms with van der Waals surface area (Å²) in [5.41, 5.74) is 6.85. The van der Waals surface area contributed by atoms with Crippen LogP contribution in [0, 0.1) is 5.82 Å². The molecule has 0 aliphatic carbocycles. The normalized spacial score (nSPS) is 16.0. The second-order valence-corrected chi connectivity index (χ2v) is 5.29. The first-order valence-electron chi connectivity index (χ1n) is 7.15. The van der Waals surface area contributed by atoms with E-state index in [0.29, 0.717) is 19.5 Å². The molecule has 0 amide bonds. The summed E-state index contributed by atoms with van der Waals surface area (Å²) < 4.78 is 13.0. The van der Waals surface area contributed by atoms with Gasteiger partial charge in [0.2, 0.25) is 0 Å². The zero-order chi connectivity index (χ0) is 15.8. The third-order valence-corrected chi connectivity index (χ3v) is 3.65. The van der Waals surface area contributed by atoms with Gasteiger partial charge in [-0.2, -0.15) is 0 Å². The molecule has 21 heavy (non-hydrogen) atoms. The van der Waals surface area contributed by atoms with Gasteiger partial charge >= 0.3 is 0 Å². The van der Waals surface area contributed by atoms with Crippen LogP contribution in [0.5, 0.6) is 0 Å². The summed E-state index contributed by atoms with van der Waals surface area (Å²) in [6.45, 7) is 1.37. The fourth-order valence-electron chi connectivity index (χ4n) is 2.27. The molecule has 0 aromatic heterocycles. The Labute approximate surface area is 125 Å². The van der Waals surface area contributed by atoms with E-state index in [-0.39, 0.29) is 18.5 Å². The van der Waals surface area contributed by atoms with Gasteiger partial charge in [-0.15, -0.1) is 0 Å². The highest BCUT2D eigenvalue weighted by Crippen LogP contribution is 2.20. The van der Waals surface area contributed by atoms with E-state index in [4.69, 9.17) is 10.8 Å². The largest absolute Gasteiger partial charge is 0.395 e. The maximum Gasteiger partial charge on any atom is 0.123 e. The fraction of sp³-hybridized carbons (Fsp3) is 0.600. The summed E-state index contributed by atoms with van der Waals surface area (Å²) in [5, 5.41) is 22.3. The first-order chi connectivity index (χ1) is 9.99. The standard InChI is InChI=1S/C15H26FN3O2/c1-18-14(11-3-5-12(16)6-4-11)15(21)13(17)7-8-19(2)9-10-20/h3-6,13-15,18,20-21H,7-10,17H2,1-2H3/t13-,14?,15?/m0/s1. The van der Waals surface area contributed by atoms with E-state index in [1.165, 1.54) is 12.1 Å². The molecule has 0 saturated carbocycles. The summed E-state index contributed by atoms with van der Waals surface area (Å²) in [5.74, 6) is -0.307. The molecule has 0 aliphatic rings. The van der Waals surface area contributed by atoms with Gasteiger partial charge in [0.05, 0.1) is 18.8 Å². The van der Waals surface area contributed by atoms with E-state index < -0.39 is 12.1 Å². The van der Waals surface area contributed by atoms with Gasteiger partial charge < -0.3 is 26.2 Å². The molecule has 0 bridgehead atoms. The van der Waals surface area contributed by atoms with Gasteiger partial charge in [-0.3, -0.25) is 0 Å². The van der Waals surface area contributed by atoms with Crippen molar-refractivity contribution < 1.29 is 14.6 Å². The number of halogens is 1. The molecule has 1 aromatic carbocycles. The molecule has 0 fully saturated rings. The number of nitrogens with two attached hydrogens (primary N) is 1. The highest BCUT2D eigenvalue weighted by molar-refractivity contribution is 5.21. The second kappa shape index (κ2) is 9.07. The molecule has 0 saturated heterocycles. The molecule has 1 rings (SSSR count). The first-order valence-corrected chi connectivity index (χ1v) is 7.15. The van der Waals surface area contributed by atoms with Crippen molar-refractivity contribution >= 4 is 0 Å². The number of nitrogens with zero attached hydrogens (tertiary/aromatic N) is 1. The molecule has 0 heterocycles. The number of benzene rings is 1. The SMILES string of the molecule is CNC(c1ccc(F)cc1)C(O)[C@@H](N)CCN(C)CCO. The Morgan fingerprint density at radius 2 is 1.90 bits per heavy atom. The zero-order valence-electron chi connectivity index (χ0n) is 12.7. The van der Waals surface area contributed by atoms with Crippen molar-refractivity contribution in [3.8, 4) is 0 Å². The highest BCUT2D eigenvalue weighted by Gasteiger charge is 2.25. The van der Waals surface area contributed by atoms with E-state index in [1.807, 2.05) is 11.9 Å². The minimum Gasteiger partial charge on any atom is -0.395 e. The fourth-order valence-corrected chi connectivity index (χ4v) is 2.27. The Bertz CT molecular complexity index is 402. The molecule has 6 heteroatoms. The number of aliphatic hydroxyl groups excluding tert-OH is 2. The quantitative estimate of drug-likeness (QED) is 0.519. The molecule has 3 atom stereocenters. The molecule has 120 valence electrons. The average molecular weight is 299 g/mol. The van der Waals surface area contributed by atoms with Crippen molar-refractivity contribution in [2.24, 2.45) is 5.73 Å². The predicted molar refractivity (Wildman–Crippen MR) is 81.4 cm³/mol. The Kier molecular flexibility index (Phi) is 7.77. The van der Waals surface area contributed by atoms with Gasteiger partial charge in [0.15, 0.2) is 0 Å². The summed E-state index contributed by atoms with van der Waals surface area (Å²) in [6.07, 6.45) is -0.167. The van der Waals surface area contributed by atoms with Crippen LogP contribution in [-0.4, -0.2) is 61.1 Å². The van der Waals surface area contributed by atoms with Crippen LogP contribution in [0.15, 0.2) is 24.3 Å². The number of likely N-dealkylation sites (N-methyl/N-ethyl adjacent to an activating group) is 2. The number of hydrogen-bond donors (Lipinski definition) is 4. The Morgan fingerprint density at radius 1 is 1.29 bits per heavy atom. The predicted octanol–water partition coefficient (Wildman–Crippen LogP) is 0.0886. The number of nitrogens with one attached hydrogen (secondary N) is 1. The summed E-state index contributed by atoms with van der Waals surface area (Å²) in [4.78, 5) is 1.96. The van der Waals surface area contributed by atoms with Crippen LogP contribution in [-0.2, 0) is 0 Å². The molecule has 2 unspecified atom stereocenters. The van der Waals surface area contributed by atoms with Gasteiger partial charge in [0, 0.05) is 12.6 Å². The van der Waals surface area contributed by atoms with E-state index in [1.54, 1.807) is 19.2 Å². The number of aliphatic hydroxyl groups is 2. The van der Waals surface area contributed by atoms with Crippen LogP contribution in [0.3, 0.4) is 0 Å². The molecule has 5 N–H and O–H groups in total. The third kappa shape index (κ3) is 5.68. The lowest BCUT2D eigenvalue weighted by Gasteiger charge is -2.29. The Balaban J connectivity index is 2.61. The van der Waals surface area contributed by atoms with Crippen LogP contribution in [0.25, 0.3) is 0 Å². The Hall–Kier alpha value is -1.05. The minimum absolute atomic E-state index is 0.100. The van der Waals surface area contributed by atoms with Gasteiger partial charge in [-0.05, 0) is 44.8 Å². The summed E-state index contributed by atoms with van der Waals surface area (Å²) in [7, 11) is 3.63. The van der Waals surface area contributed by atoms with Gasteiger partial charge in [-0.25, -0.2) is 4.39 Å². The van der Waals surface area contributed by atoms with Gasteiger partial charge in [-0.1, -0.05) is 12.1 Å². The molecule has 0 radical (unpaired) electrons. The number of rotatable bonds is 9. The van der Waals surface area contributed by atoms with Crippen LogP contribution < -0.4 is 11.1 Å². The Morgan fingerprint density at radius 3 is 2.43 bits per heavy atom. The second-order valence-electron chi connectivity index (χ2n) is 5.29. The van der Waals surface area contributed by atoms with Crippen LogP contribution >= 0.6 is 0 Å². The van der Waals surface area contributed by atoms with Crippen molar-refractivity contribution in [2.75, 3.05) is 33.8 Å². The van der Waals surface area contributed by atoms with E-state index in [9.17, 15) is 9.50 Å². The monoisotopic (exact) mass is 299 g/mol. The molecule has 0 spiro atoms. The first kappa shape index (κ1) is 18.0. The van der Waals surface area contributed by atoms with E-state index >= 15 is 0 Å². The smallest absolute Gasteiger partial charge is 0.123 e. The minimum atomic E-state index is -0.775. The highest BCUT2D eigenvalue weighted by atomic mass is 19.1. The van der Waals surface area contributed by atoms with Crippen LogP contribution in [0.4, 0.5) is 4.39 Å². The van der Waals surface area contributed by atoms with Crippen LogP contribution in [0.2, 0.25) is 0 Å². The summed E-state index contributed by atoms with van der Waals surface area (Å²) >= 11 is 0. The lowest BCUT2D eigenvalue weighted by atomic mass is 9.95. The average Bonchev–Trinajstić information content (AvgIpc) is 2.47. The van der Waals surface area contributed by atoms with Crippen molar-refractivity contribution in [3.63, 3.8) is 0 Å². The number of hydrogen-bond acceptors (Lipinski definition) is 5. The topological polar surface area (TPSA) is 81.8 Å². The van der Waals surface area contributed by atoms with Gasteiger partial charge in [0.1, 0.15) is 5.82 Å². The molecule has 5 nitrogen and oxygen atoms in total. The molecular weight excluding hydrogens is 273 g/mol. The lowest BCUT2D eigenvalue weighted by Crippen LogP contribution is -2.45. The summed E-state index contributed by atoms with van der Waals surface area (Å²) in [6, 6.07) is 5.27. The van der Waals surface area contributed by atoms with Crippen molar-refractivity contribution in [1.29, 1.82) is 0 Å². The van der Waals surface area contributed by atoms with E-state index in [2.05, 4.69) is 5.32 Å². The zero-order valence-corrected chi connectivity index (χ0v) is 12.7. The third-order valence-electron chi connectivity index (χ3n) is 3.65. The van der Waals surface area contributed by atoms with E-state index in [0.717, 1.165) is 5.56 Å². The lowest BCUT2D eigenvalue weighted by molar-refractivity contribution is 0.0952. The van der Waals surface area contributed by atoms with Crippen molar-refractivity contribution in [3.05, 3.63) is 35.6 Å².